The first-order chi connectivity index (χ1) is 7.45. The fraction of sp³-hybridized carbons (Fsp3) is 0.800. The van der Waals surface area contributed by atoms with Crippen molar-refractivity contribution in [2.24, 2.45) is 0 Å². The highest BCUT2D eigenvalue weighted by Gasteiger charge is 2.30. The Kier molecular flexibility index (Phi) is 4.46. The fourth-order valence-corrected chi connectivity index (χ4v) is 2.56. The second-order valence-electron chi connectivity index (χ2n) is 4.03. The molecule has 1 fully saturated rings. The van der Waals surface area contributed by atoms with Crippen LogP contribution in [0, 0.1) is 0 Å². The van der Waals surface area contributed by atoms with Crippen LogP contribution in [0.5, 0.6) is 0 Å². The summed E-state index contributed by atoms with van der Waals surface area (Å²) in [5.74, 6) is 0.863. The van der Waals surface area contributed by atoms with E-state index in [1.165, 1.54) is 18.9 Å². The van der Waals surface area contributed by atoms with E-state index in [0.717, 1.165) is 11.5 Å². The summed E-state index contributed by atoms with van der Waals surface area (Å²) in [4.78, 5) is 25.9. The normalized spacial score (nSPS) is 22.7. The fourth-order valence-electron chi connectivity index (χ4n) is 1.55. The average molecular weight is 246 g/mol. The zero-order chi connectivity index (χ0) is 12.3. The van der Waals surface area contributed by atoms with Gasteiger partial charge >= 0.3 is 12.0 Å². The number of carboxylic acids is 1. The summed E-state index contributed by atoms with van der Waals surface area (Å²) in [6, 6.07) is -0.799. The molecule has 2 amide bonds. The van der Waals surface area contributed by atoms with Gasteiger partial charge in [0.05, 0.1) is 0 Å². The average Bonchev–Trinajstić information content (AvgIpc) is 2.26. The molecule has 6 heteroatoms. The van der Waals surface area contributed by atoms with Gasteiger partial charge in [-0.25, -0.2) is 9.59 Å². The van der Waals surface area contributed by atoms with E-state index in [1.54, 1.807) is 4.90 Å². The number of urea groups is 1. The topological polar surface area (TPSA) is 60.9 Å². The number of likely N-dealkylation sites (N-methyl/N-ethyl adjacent to an activating group) is 1. The predicted molar refractivity (Wildman–Crippen MR) is 63.7 cm³/mol. The molecule has 0 saturated carbocycles. The van der Waals surface area contributed by atoms with Gasteiger partial charge in [0.15, 0.2) is 0 Å². The van der Waals surface area contributed by atoms with Crippen LogP contribution in [-0.2, 0) is 4.79 Å². The van der Waals surface area contributed by atoms with E-state index in [9.17, 15) is 9.59 Å². The first-order valence-corrected chi connectivity index (χ1v) is 6.44. The summed E-state index contributed by atoms with van der Waals surface area (Å²) in [6.45, 7) is 4.20. The molecule has 0 radical (unpaired) electrons. The van der Waals surface area contributed by atoms with Crippen molar-refractivity contribution in [3.05, 3.63) is 0 Å². The lowest BCUT2D eigenvalue weighted by Crippen LogP contribution is -2.53. The Labute approximate surface area is 99.8 Å². The zero-order valence-corrected chi connectivity index (χ0v) is 10.7. The van der Waals surface area contributed by atoms with Gasteiger partial charge in [0.25, 0.3) is 0 Å². The summed E-state index contributed by atoms with van der Waals surface area (Å²) < 4.78 is 0. The van der Waals surface area contributed by atoms with Crippen LogP contribution in [-0.4, -0.2) is 64.1 Å². The second kappa shape index (κ2) is 5.43. The molecule has 5 nitrogen and oxygen atoms in total. The number of aliphatic carboxylic acids is 1. The summed E-state index contributed by atoms with van der Waals surface area (Å²) in [6.07, 6.45) is 0. The predicted octanol–water partition coefficient (Wildman–Crippen LogP) is 0.949. The number of carbonyl (C=O) groups excluding carboxylic acids is 1. The summed E-state index contributed by atoms with van der Waals surface area (Å²) in [5, 5.41) is 8.85. The van der Waals surface area contributed by atoms with E-state index in [1.807, 2.05) is 18.7 Å². The third-order valence-electron chi connectivity index (χ3n) is 2.85. The molecule has 1 aliphatic rings. The van der Waals surface area contributed by atoms with Crippen LogP contribution in [0.25, 0.3) is 0 Å². The van der Waals surface area contributed by atoms with Gasteiger partial charge in [0.2, 0.25) is 0 Å². The van der Waals surface area contributed by atoms with Gasteiger partial charge in [-0.3, -0.25) is 0 Å². The van der Waals surface area contributed by atoms with E-state index >= 15 is 0 Å². The maximum absolute atomic E-state index is 12.0. The largest absolute Gasteiger partial charge is 0.480 e. The van der Waals surface area contributed by atoms with E-state index in [2.05, 4.69) is 0 Å². The van der Waals surface area contributed by atoms with Crippen LogP contribution < -0.4 is 0 Å². The van der Waals surface area contributed by atoms with Crippen molar-refractivity contribution in [3.63, 3.8) is 0 Å². The second-order valence-corrected chi connectivity index (χ2v) is 5.17. The molecule has 2 atom stereocenters. The molecule has 0 aromatic heterocycles. The SMILES string of the molecule is CC(C(=O)O)N(C)C(=O)N1CCSCC1C. The Morgan fingerprint density at radius 3 is 2.69 bits per heavy atom. The summed E-state index contributed by atoms with van der Waals surface area (Å²) in [5.41, 5.74) is 0. The molecule has 0 bridgehead atoms. The number of rotatable bonds is 2. The first kappa shape index (κ1) is 13.2. The molecule has 16 heavy (non-hydrogen) atoms. The highest BCUT2D eigenvalue weighted by atomic mass is 32.2. The van der Waals surface area contributed by atoms with Crippen LogP contribution in [0.3, 0.4) is 0 Å². The molecule has 0 aliphatic carbocycles. The lowest BCUT2D eigenvalue weighted by Gasteiger charge is -2.36. The van der Waals surface area contributed by atoms with Crippen molar-refractivity contribution >= 4 is 23.8 Å². The van der Waals surface area contributed by atoms with E-state index in [0.29, 0.717) is 6.54 Å². The number of carboxylic acid groups (broad SMARTS) is 1. The number of hydrogen-bond acceptors (Lipinski definition) is 3. The Bertz CT molecular complexity index is 285. The Morgan fingerprint density at radius 2 is 2.19 bits per heavy atom. The first-order valence-electron chi connectivity index (χ1n) is 5.29. The standard InChI is InChI=1S/C10H18N2O3S/c1-7-6-16-5-4-12(7)10(15)11(3)8(2)9(13)14/h7-8H,4-6H2,1-3H3,(H,13,14). The number of nitrogens with zero attached hydrogens (tertiary/aromatic N) is 2. The van der Waals surface area contributed by atoms with Gasteiger partial charge in [-0.05, 0) is 13.8 Å². The van der Waals surface area contributed by atoms with Crippen molar-refractivity contribution in [1.82, 2.24) is 9.80 Å². The maximum Gasteiger partial charge on any atom is 0.326 e. The minimum absolute atomic E-state index is 0.176. The molecule has 1 rings (SSSR count). The minimum atomic E-state index is -0.977. The highest BCUT2D eigenvalue weighted by Crippen LogP contribution is 2.17. The van der Waals surface area contributed by atoms with Crippen molar-refractivity contribution in [1.29, 1.82) is 0 Å². The molecule has 1 saturated heterocycles. The van der Waals surface area contributed by atoms with Crippen molar-refractivity contribution < 1.29 is 14.7 Å². The highest BCUT2D eigenvalue weighted by molar-refractivity contribution is 7.99. The Morgan fingerprint density at radius 1 is 1.56 bits per heavy atom. The van der Waals surface area contributed by atoms with Crippen molar-refractivity contribution in [3.8, 4) is 0 Å². The molecule has 1 aliphatic heterocycles. The monoisotopic (exact) mass is 246 g/mol. The van der Waals surface area contributed by atoms with Gasteiger partial charge in [0, 0.05) is 31.1 Å². The molecule has 2 unspecified atom stereocenters. The molecule has 1 heterocycles. The minimum Gasteiger partial charge on any atom is -0.480 e. The van der Waals surface area contributed by atoms with Gasteiger partial charge < -0.3 is 14.9 Å². The third kappa shape index (κ3) is 2.81. The van der Waals surface area contributed by atoms with Crippen LogP contribution in [0.1, 0.15) is 13.8 Å². The van der Waals surface area contributed by atoms with Crippen LogP contribution in [0.4, 0.5) is 4.79 Å². The Balaban J connectivity index is 2.65. The zero-order valence-electron chi connectivity index (χ0n) is 9.84. The molecule has 92 valence electrons. The van der Waals surface area contributed by atoms with E-state index in [4.69, 9.17) is 5.11 Å². The lowest BCUT2D eigenvalue weighted by atomic mass is 10.3. The van der Waals surface area contributed by atoms with E-state index in [-0.39, 0.29) is 12.1 Å². The summed E-state index contributed by atoms with van der Waals surface area (Å²) in [7, 11) is 1.54. The smallest absolute Gasteiger partial charge is 0.326 e. The lowest BCUT2D eigenvalue weighted by molar-refractivity contribution is -0.141. The molecule has 0 spiro atoms. The van der Waals surface area contributed by atoms with Crippen LogP contribution in [0.2, 0.25) is 0 Å². The summed E-state index contributed by atoms with van der Waals surface area (Å²) >= 11 is 1.82. The van der Waals surface area contributed by atoms with Gasteiger partial charge in [-0.15, -0.1) is 0 Å². The van der Waals surface area contributed by atoms with Crippen molar-refractivity contribution in [2.75, 3.05) is 25.1 Å². The van der Waals surface area contributed by atoms with Crippen LogP contribution in [0.15, 0.2) is 0 Å². The molecule has 0 aromatic carbocycles. The van der Waals surface area contributed by atoms with Crippen molar-refractivity contribution in [2.45, 2.75) is 25.9 Å². The molecular weight excluding hydrogens is 228 g/mol. The van der Waals surface area contributed by atoms with Gasteiger partial charge in [-0.1, -0.05) is 0 Å². The van der Waals surface area contributed by atoms with Gasteiger partial charge in [-0.2, -0.15) is 11.8 Å². The number of thioether (sulfide) groups is 1. The molecule has 0 aromatic rings. The molecule has 1 N–H and O–H groups in total. The van der Waals surface area contributed by atoms with E-state index < -0.39 is 12.0 Å². The van der Waals surface area contributed by atoms with Crippen LogP contribution >= 0.6 is 11.8 Å². The Hall–Kier alpha value is -0.910. The van der Waals surface area contributed by atoms with Gasteiger partial charge in [0.1, 0.15) is 6.04 Å². The maximum atomic E-state index is 12.0. The molecular formula is C10H18N2O3S. The third-order valence-corrected chi connectivity index (χ3v) is 4.04. The number of amides is 2. The quantitative estimate of drug-likeness (QED) is 0.788. The number of carbonyl (C=O) groups is 2. The number of hydrogen-bond donors (Lipinski definition) is 1.